The lowest BCUT2D eigenvalue weighted by molar-refractivity contribution is 0.0692. The molecule has 1 aromatic carbocycles. The average Bonchev–Trinajstić information content (AvgIpc) is 3.19. The van der Waals surface area contributed by atoms with Gasteiger partial charge >= 0.3 is 5.97 Å². The number of aromatic amines is 1. The van der Waals surface area contributed by atoms with E-state index in [1.165, 1.54) is 21.9 Å². The number of H-pyrrole nitrogens is 1. The molecule has 2 N–H and O–H groups in total. The van der Waals surface area contributed by atoms with Crippen LogP contribution in [0, 0.1) is 0 Å². The van der Waals surface area contributed by atoms with Crippen molar-refractivity contribution in [3.8, 4) is 11.1 Å². The molecule has 1 aliphatic heterocycles. The van der Waals surface area contributed by atoms with Crippen molar-refractivity contribution in [2.24, 2.45) is 0 Å². The molecule has 0 amide bonds. The Kier molecular flexibility index (Phi) is 5.41. The molecule has 3 heterocycles. The number of carboxylic acid groups (broad SMARTS) is 1. The second-order valence-electron chi connectivity index (χ2n) is 7.17. The molecule has 0 bridgehead atoms. The molecule has 3 aromatic rings. The minimum absolute atomic E-state index is 0.0972. The Morgan fingerprint density at radius 3 is 2.38 bits per heavy atom. The minimum Gasteiger partial charge on any atom is -0.477 e. The molecule has 29 heavy (non-hydrogen) atoms. The van der Waals surface area contributed by atoms with Crippen molar-refractivity contribution in [2.75, 3.05) is 19.3 Å². The largest absolute Gasteiger partial charge is 0.477 e. The zero-order valence-corrected chi connectivity index (χ0v) is 18.6. The lowest BCUT2D eigenvalue weighted by atomic mass is 9.91. The topological polar surface area (TPSA) is 90.5 Å². The second-order valence-corrected chi connectivity index (χ2v) is 10.9. The molecule has 1 fully saturated rings. The van der Waals surface area contributed by atoms with Gasteiger partial charge in [0.2, 0.25) is 10.0 Å². The van der Waals surface area contributed by atoms with E-state index in [0.717, 1.165) is 15.8 Å². The maximum atomic E-state index is 11.9. The van der Waals surface area contributed by atoms with Gasteiger partial charge in [-0.25, -0.2) is 17.5 Å². The van der Waals surface area contributed by atoms with Gasteiger partial charge in [-0.05, 0) is 53.5 Å². The van der Waals surface area contributed by atoms with Gasteiger partial charge in [-0.2, -0.15) is 0 Å². The lowest BCUT2D eigenvalue weighted by Crippen LogP contribution is -2.37. The first-order valence-electron chi connectivity index (χ1n) is 8.93. The van der Waals surface area contributed by atoms with E-state index >= 15 is 0 Å². The van der Waals surface area contributed by atoms with Crippen molar-refractivity contribution < 1.29 is 18.3 Å². The summed E-state index contributed by atoms with van der Waals surface area (Å²) in [4.78, 5) is 15.0. The van der Waals surface area contributed by atoms with Crippen LogP contribution in [0.5, 0.6) is 0 Å². The van der Waals surface area contributed by atoms with Crippen molar-refractivity contribution in [1.82, 2.24) is 9.29 Å². The first-order valence-corrected chi connectivity index (χ1v) is 12.4. The Bertz CT molecular complexity index is 1190. The molecule has 0 saturated carbocycles. The van der Waals surface area contributed by atoms with Crippen LogP contribution in [-0.2, 0) is 10.0 Å². The molecule has 1 aliphatic rings. The molecular weight excluding hydrogens is 455 g/mol. The Hall–Kier alpha value is -1.58. The van der Waals surface area contributed by atoms with Gasteiger partial charge in [-0.1, -0.05) is 23.2 Å². The van der Waals surface area contributed by atoms with E-state index in [9.17, 15) is 18.3 Å². The summed E-state index contributed by atoms with van der Waals surface area (Å²) in [6, 6.07) is 5.01. The predicted molar refractivity (Wildman–Crippen MR) is 117 cm³/mol. The summed E-state index contributed by atoms with van der Waals surface area (Å²) in [5.74, 6) is -0.893. The van der Waals surface area contributed by atoms with E-state index in [0.29, 0.717) is 47.1 Å². The maximum absolute atomic E-state index is 11.9. The molecule has 0 aliphatic carbocycles. The number of carboxylic acids is 1. The number of halogens is 2. The molecule has 2 aromatic heterocycles. The van der Waals surface area contributed by atoms with Crippen LogP contribution < -0.4 is 0 Å². The van der Waals surface area contributed by atoms with Crippen LogP contribution >= 0.6 is 34.5 Å². The van der Waals surface area contributed by atoms with Crippen molar-refractivity contribution in [3.63, 3.8) is 0 Å². The number of nitrogens with zero attached hydrogens (tertiary/aromatic N) is 1. The smallest absolute Gasteiger partial charge is 0.353 e. The number of aromatic carboxylic acids is 1. The average molecular weight is 473 g/mol. The van der Waals surface area contributed by atoms with Crippen LogP contribution in [0.25, 0.3) is 21.3 Å². The van der Waals surface area contributed by atoms with Gasteiger partial charge in [-0.15, -0.1) is 11.3 Å². The van der Waals surface area contributed by atoms with Crippen LogP contribution in [0.4, 0.5) is 0 Å². The Morgan fingerprint density at radius 2 is 1.83 bits per heavy atom. The fourth-order valence-electron chi connectivity index (χ4n) is 3.92. The molecular formula is C19H18Cl2N2O4S2. The summed E-state index contributed by atoms with van der Waals surface area (Å²) in [6.45, 7) is 0.925. The van der Waals surface area contributed by atoms with E-state index in [1.54, 1.807) is 18.2 Å². The molecule has 0 unspecified atom stereocenters. The van der Waals surface area contributed by atoms with E-state index in [-0.39, 0.29) is 11.6 Å². The third-order valence-electron chi connectivity index (χ3n) is 5.27. The highest BCUT2D eigenvalue weighted by Crippen LogP contribution is 2.43. The highest BCUT2D eigenvalue weighted by molar-refractivity contribution is 7.88. The normalized spacial score (nSPS) is 16.5. The summed E-state index contributed by atoms with van der Waals surface area (Å²) in [5, 5.41) is 12.6. The quantitative estimate of drug-likeness (QED) is 0.556. The van der Waals surface area contributed by atoms with Crippen LogP contribution in [0.3, 0.4) is 0 Å². The summed E-state index contributed by atoms with van der Waals surface area (Å²) in [7, 11) is -3.19. The summed E-state index contributed by atoms with van der Waals surface area (Å²) >= 11 is 13.7. The SMILES string of the molecule is CS(=O)(=O)N1CCC(c2csc3c(-c4cc(Cl)cc(Cl)c4)c(C(=O)O)[nH]c23)CC1. The zero-order valence-electron chi connectivity index (χ0n) is 15.4. The van der Waals surface area contributed by atoms with Crippen molar-refractivity contribution in [3.05, 3.63) is 44.9 Å². The monoisotopic (exact) mass is 472 g/mol. The summed E-state index contributed by atoms with van der Waals surface area (Å²) in [5.41, 5.74) is 3.13. The fourth-order valence-corrected chi connectivity index (χ4v) is 6.50. The first-order chi connectivity index (χ1) is 13.6. The predicted octanol–water partition coefficient (Wildman–Crippen LogP) is 5.04. The number of aromatic nitrogens is 1. The molecule has 0 atom stereocenters. The summed E-state index contributed by atoms with van der Waals surface area (Å²) in [6.07, 6.45) is 2.61. The molecule has 10 heteroatoms. The second kappa shape index (κ2) is 7.59. The number of benzene rings is 1. The van der Waals surface area contributed by atoms with Gasteiger partial charge < -0.3 is 10.1 Å². The molecule has 1 saturated heterocycles. The van der Waals surface area contributed by atoms with Gasteiger partial charge in [0.05, 0.1) is 16.5 Å². The Morgan fingerprint density at radius 1 is 1.21 bits per heavy atom. The highest BCUT2D eigenvalue weighted by atomic mass is 35.5. The minimum atomic E-state index is -3.19. The molecule has 6 nitrogen and oxygen atoms in total. The van der Waals surface area contributed by atoms with Crippen LogP contribution in [-0.4, -0.2) is 48.1 Å². The number of sulfonamides is 1. The van der Waals surface area contributed by atoms with Crippen molar-refractivity contribution >= 4 is 60.7 Å². The maximum Gasteiger partial charge on any atom is 0.353 e. The number of hydrogen-bond acceptors (Lipinski definition) is 4. The van der Waals surface area contributed by atoms with E-state index in [2.05, 4.69) is 4.98 Å². The number of fused-ring (bicyclic) bond motifs is 1. The molecule has 154 valence electrons. The highest BCUT2D eigenvalue weighted by Gasteiger charge is 2.29. The van der Waals surface area contributed by atoms with E-state index in [1.807, 2.05) is 5.38 Å². The number of piperidine rings is 1. The van der Waals surface area contributed by atoms with Crippen LogP contribution in [0.1, 0.15) is 34.8 Å². The number of hydrogen-bond donors (Lipinski definition) is 2. The number of nitrogens with one attached hydrogen (secondary N) is 1. The molecule has 0 spiro atoms. The van der Waals surface area contributed by atoms with Crippen LogP contribution in [0.2, 0.25) is 10.0 Å². The molecule has 0 radical (unpaired) electrons. The third kappa shape index (κ3) is 3.92. The lowest BCUT2D eigenvalue weighted by Gasteiger charge is -2.29. The van der Waals surface area contributed by atoms with Crippen LogP contribution in [0.15, 0.2) is 23.6 Å². The Labute approximate surface area is 182 Å². The number of carbonyl (C=O) groups is 1. The third-order valence-corrected chi connectivity index (χ3v) is 8.03. The van der Waals surface area contributed by atoms with Gasteiger partial charge in [0.1, 0.15) is 5.69 Å². The van der Waals surface area contributed by atoms with Gasteiger partial charge in [0, 0.05) is 28.7 Å². The zero-order chi connectivity index (χ0) is 20.9. The Balaban J connectivity index is 1.77. The van der Waals surface area contributed by atoms with Crippen molar-refractivity contribution in [1.29, 1.82) is 0 Å². The number of thiophene rings is 1. The van der Waals surface area contributed by atoms with Gasteiger partial charge in [-0.3, -0.25) is 0 Å². The van der Waals surface area contributed by atoms with Crippen molar-refractivity contribution in [2.45, 2.75) is 18.8 Å². The van der Waals surface area contributed by atoms with Gasteiger partial charge in [0.15, 0.2) is 0 Å². The summed E-state index contributed by atoms with van der Waals surface area (Å²) < 4.78 is 25.8. The fraction of sp³-hybridized carbons (Fsp3) is 0.316. The van der Waals surface area contributed by atoms with E-state index < -0.39 is 16.0 Å². The van der Waals surface area contributed by atoms with Gasteiger partial charge in [0.25, 0.3) is 0 Å². The molecule has 4 rings (SSSR count). The van der Waals surface area contributed by atoms with E-state index in [4.69, 9.17) is 23.2 Å². The first kappa shape index (κ1) is 20.7. The number of rotatable bonds is 4. The standard InChI is InChI=1S/C19H18Cl2N2O4S2/c1-29(26,27)23-4-2-10(3-5-23)14-9-28-18-15(17(19(24)25)22-16(14)18)11-6-12(20)8-13(21)7-11/h6-10,22H,2-5H2,1H3,(H,24,25).